The maximum atomic E-state index is 11.0. The molecule has 0 saturated heterocycles. The maximum Gasteiger partial charge on any atom is 0.137 e. The molecule has 7 rings (SSSR count). The Balaban J connectivity index is 1.40. The van der Waals surface area contributed by atoms with Gasteiger partial charge >= 0.3 is 0 Å². The Morgan fingerprint density at radius 3 is 1.88 bits per heavy atom. The number of nitrogens with zero attached hydrogens (tertiary/aromatic N) is 3. The SMILES string of the molecule is CC(c1ccccc1)c1ccc(-c2cc(-c3cc(N(c4ccccc4)c4ccccn4)cc(C(C)(C)C)c3)nc(-c3ccccc3O)c2)cc1. The fraction of sp³-hybridized carbons (Fsp3) is 0.130. The van der Waals surface area contributed by atoms with Crippen LogP contribution in [0.4, 0.5) is 17.2 Å². The number of hydrogen-bond donors (Lipinski definition) is 1. The molecule has 2 heterocycles. The van der Waals surface area contributed by atoms with Crippen LogP contribution in [0.25, 0.3) is 33.6 Å². The van der Waals surface area contributed by atoms with E-state index in [4.69, 9.17) is 9.97 Å². The molecule has 0 bridgehead atoms. The van der Waals surface area contributed by atoms with E-state index in [-0.39, 0.29) is 17.1 Å². The lowest BCUT2D eigenvalue weighted by molar-refractivity contribution is 0.477. The van der Waals surface area contributed by atoms with Crippen molar-refractivity contribution in [3.63, 3.8) is 0 Å². The molecule has 246 valence electrons. The molecule has 0 aliphatic rings. The first-order valence-electron chi connectivity index (χ1n) is 17.1. The standard InChI is InChI=1S/C46H41N3O/c1-32(33-15-7-5-8-16-33)34-22-24-35(25-23-34)36-29-42(48-43(30-36)41-19-11-12-20-44(41)50)37-27-38(46(2,3)4)31-40(28-37)49(39-17-9-6-10-18-39)45-21-13-14-26-47-45/h5-32,50H,1-4H3. The van der Waals surface area contributed by atoms with E-state index in [0.717, 1.165) is 39.6 Å². The molecule has 7 aromatic rings. The Morgan fingerprint density at radius 2 is 1.20 bits per heavy atom. The van der Waals surface area contributed by atoms with Gasteiger partial charge in [0.15, 0.2) is 0 Å². The largest absolute Gasteiger partial charge is 0.507 e. The van der Waals surface area contributed by atoms with Crippen molar-refractivity contribution in [3.05, 3.63) is 181 Å². The van der Waals surface area contributed by atoms with E-state index in [9.17, 15) is 5.11 Å². The minimum absolute atomic E-state index is 0.138. The van der Waals surface area contributed by atoms with Crippen LogP contribution in [-0.4, -0.2) is 15.1 Å². The van der Waals surface area contributed by atoms with Crippen molar-refractivity contribution in [3.8, 4) is 39.4 Å². The average Bonchev–Trinajstić information content (AvgIpc) is 3.15. The van der Waals surface area contributed by atoms with Gasteiger partial charge in [0, 0.05) is 34.6 Å². The zero-order valence-electron chi connectivity index (χ0n) is 29.0. The molecule has 4 nitrogen and oxygen atoms in total. The van der Waals surface area contributed by atoms with Crippen LogP contribution in [0.2, 0.25) is 0 Å². The first kappa shape index (κ1) is 32.5. The number of aromatic hydroxyl groups is 1. The molecule has 0 aliphatic heterocycles. The number of hydrogen-bond acceptors (Lipinski definition) is 4. The highest BCUT2D eigenvalue weighted by Crippen LogP contribution is 2.40. The van der Waals surface area contributed by atoms with Crippen LogP contribution < -0.4 is 4.90 Å². The Morgan fingerprint density at radius 1 is 0.560 bits per heavy atom. The van der Waals surface area contributed by atoms with Crippen LogP contribution in [0.15, 0.2) is 164 Å². The highest BCUT2D eigenvalue weighted by Gasteiger charge is 2.22. The van der Waals surface area contributed by atoms with Gasteiger partial charge in [-0.05, 0) is 100.0 Å². The van der Waals surface area contributed by atoms with Crippen molar-refractivity contribution >= 4 is 17.2 Å². The van der Waals surface area contributed by atoms with Gasteiger partial charge in [0.2, 0.25) is 0 Å². The highest BCUT2D eigenvalue weighted by atomic mass is 16.3. The van der Waals surface area contributed by atoms with Crippen LogP contribution in [0.3, 0.4) is 0 Å². The zero-order chi connectivity index (χ0) is 34.7. The Hall–Kier alpha value is -6.00. The summed E-state index contributed by atoms with van der Waals surface area (Å²) in [6.45, 7) is 8.95. The Kier molecular flexibility index (Phi) is 9.02. The Bertz CT molecular complexity index is 2170. The molecule has 0 aliphatic carbocycles. The number of rotatable bonds is 8. The second-order valence-corrected chi connectivity index (χ2v) is 13.8. The summed E-state index contributed by atoms with van der Waals surface area (Å²) in [5.74, 6) is 1.31. The van der Waals surface area contributed by atoms with E-state index in [1.807, 2.05) is 48.7 Å². The third kappa shape index (κ3) is 6.92. The number of phenols is 1. The molecule has 5 aromatic carbocycles. The van der Waals surface area contributed by atoms with Gasteiger partial charge in [-0.1, -0.05) is 119 Å². The maximum absolute atomic E-state index is 11.0. The summed E-state index contributed by atoms with van der Waals surface area (Å²) in [5.41, 5.74) is 10.9. The van der Waals surface area contributed by atoms with Crippen molar-refractivity contribution < 1.29 is 5.11 Å². The second kappa shape index (κ2) is 13.9. The molecule has 4 heteroatoms. The number of para-hydroxylation sites is 2. The minimum Gasteiger partial charge on any atom is -0.507 e. The highest BCUT2D eigenvalue weighted by molar-refractivity contribution is 5.82. The molecule has 2 aromatic heterocycles. The van der Waals surface area contributed by atoms with Gasteiger partial charge in [-0.25, -0.2) is 9.97 Å². The molecule has 1 atom stereocenters. The van der Waals surface area contributed by atoms with Crippen molar-refractivity contribution in [1.82, 2.24) is 9.97 Å². The molecule has 0 radical (unpaired) electrons. The van der Waals surface area contributed by atoms with Crippen LogP contribution in [0, 0.1) is 0 Å². The molecule has 1 N–H and O–H groups in total. The number of phenolic OH excluding ortho intramolecular Hbond substituents is 1. The van der Waals surface area contributed by atoms with Crippen molar-refractivity contribution in [2.75, 3.05) is 4.90 Å². The predicted octanol–water partition coefficient (Wildman–Crippen LogP) is 12.1. The molecule has 0 fully saturated rings. The first-order valence-corrected chi connectivity index (χ1v) is 17.1. The number of anilines is 3. The average molecular weight is 652 g/mol. The molecular weight excluding hydrogens is 611 g/mol. The van der Waals surface area contributed by atoms with Gasteiger partial charge in [-0.2, -0.15) is 0 Å². The first-order chi connectivity index (χ1) is 24.2. The minimum atomic E-state index is -0.138. The summed E-state index contributed by atoms with van der Waals surface area (Å²) in [4.78, 5) is 12.2. The Labute approximate surface area is 295 Å². The van der Waals surface area contributed by atoms with Crippen LogP contribution in [-0.2, 0) is 5.41 Å². The van der Waals surface area contributed by atoms with Gasteiger partial charge in [0.1, 0.15) is 11.6 Å². The smallest absolute Gasteiger partial charge is 0.137 e. The van der Waals surface area contributed by atoms with Crippen molar-refractivity contribution in [2.45, 2.75) is 39.0 Å². The predicted molar refractivity (Wildman–Crippen MR) is 207 cm³/mol. The molecule has 0 saturated carbocycles. The van der Waals surface area contributed by atoms with E-state index >= 15 is 0 Å². The van der Waals surface area contributed by atoms with Crippen LogP contribution in [0.1, 0.15) is 50.3 Å². The topological polar surface area (TPSA) is 49.2 Å². The van der Waals surface area contributed by atoms with Gasteiger partial charge < -0.3 is 5.11 Å². The lowest BCUT2D eigenvalue weighted by Gasteiger charge is -2.28. The summed E-state index contributed by atoms with van der Waals surface area (Å²) < 4.78 is 0. The number of pyridine rings is 2. The van der Waals surface area contributed by atoms with E-state index in [1.54, 1.807) is 6.07 Å². The molecule has 0 spiro atoms. The van der Waals surface area contributed by atoms with Crippen molar-refractivity contribution in [2.24, 2.45) is 0 Å². The third-order valence-electron chi connectivity index (χ3n) is 9.28. The van der Waals surface area contributed by atoms with Gasteiger partial charge in [0.05, 0.1) is 11.4 Å². The fourth-order valence-electron chi connectivity index (χ4n) is 6.37. The van der Waals surface area contributed by atoms with Crippen molar-refractivity contribution in [1.29, 1.82) is 0 Å². The molecule has 1 unspecified atom stereocenters. The number of aromatic nitrogens is 2. The third-order valence-corrected chi connectivity index (χ3v) is 9.28. The van der Waals surface area contributed by atoms with Crippen LogP contribution in [0.5, 0.6) is 5.75 Å². The lowest BCUT2D eigenvalue weighted by Crippen LogP contribution is -2.15. The second-order valence-electron chi connectivity index (χ2n) is 13.8. The van der Waals surface area contributed by atoms with Gasteiger partial charge in [-0.3, -0.25) is 4.90 Å². The fourth-order valence-corrected chi connectivity index (χ4v) is 6.37. The number of benzene rings is 5. The van der Waals surface area contributed by atoms with E-state index < -0.39 is 0 Å². The summed E-state index contributed by atoms with van der Waals surface area (Å²) in [6.07, 6.45) is 1.83. The summed E-state index contributed by atoms with van der Waals surface area (Å²) in [6, 6.07) is 54.1. The summed E-state index contributed by atoms with van der Waals surface area (Å²) >= 11 is 0. The normalized spacial score (nSPS) is 12.0. The van der Waals surface area contributed by atoms with E-state index in [2.05, 4.69) is 142 Å². The van der Waals surface area contributed by atoms with Gasteiger partial charge in [0.25, 0.3) is 0 Å². The lowest BCUT2D eigenvalue weighted by atomic mass is 9.85. The van der Waals surface area contributed by atoms with Gasteiger partial charge in [-0.15, -0.1) is 0 Å². The quantitative estimate of drug-likeness (QED) is 0.178. The van der Waals surface area contributed by atoms with E-state index in [1.165, 1.54) is 16.7 Å². The molecular formula is C46H41N3O. The zero-order valence-corrected chi connectivity index (χ0v) is 29.0. The molecule has 50 heavy (non-hydrogen) atoms. The monoisotopic (exact) mass is 651 g/mol. The molecule has 0 amide bonds. The summed E-state index contributed by atoms with van der Waals surface area (Å²) in [5, 5.41) is 11.0. The van der Waals surface area contributed by atoms with Crippen LogP contribution >= 0.6 is 0 Å². The van der Waals surface area contributed by atoms with E-state index in [0.29, 0.717) is 11.3 Å². The summed E-state index contributed by atoms with van der Waals surface area (Å²) in [7, 11) is 0.